The van der Waals surface area contributed by atoms with Gasteiger partial charge in [0.25, 0.3) is 0 Å². The average molecular weight is 1320 g/mol. The standard InChI is InChI=1S/C84H138NO8P/c1-6-8-10-12-14-16-18-20-22-24-26-28-30-32-34-36-37-38-39-40-41-42-43-44-45-46-47-49-50-52-54-56-58-60-62-64-66-68-70-72-74-76-83(86)90-80-82(81-92-94(88,89)91-79-78-85(3,4)5)93-84(87)77-75-73-71-69-67-65-63-61-59-57-55-53-51-48-35-33-31-29-27-25-23-21-19-17-15-13-11-9-7-2/h8-11,14-17,20-23,26-29,32-35,37-38,40-41,51,53,57,59,63,65,82H,6-7,12-13,18-19,24-25,30-31,36,39,42-50,52,54-56,58,60-62,64,66-81H2,1-5H3/p+1/b10-8-,11-9-,16-14-,17-15-,22-20-,23-21-,28-26-,29-27-,34-32-,35-33-,38-37-,41-40-,53-51-,59-57-,65-63-. The van der Waals surface area contributed by atoms with Crippen molar-refractivity contribution in [2.75, 3.05) is 47.5 Å². The van der Waals surface area contributed by atoms with E-state index in [9.17, 15) is 19.0 Å². The van der Waals surface area contributed by atoms with Crippen LogP contribution in [0.25, 0.3) is 0 Å². The Morgan fingerprint density at radius 2 is 0.574 bits per heavy atom. The number of esters is 2. The summed E-state index contributed by atoms with van der Waals surface area (Å²) in [5.74, 6) is -0.831. The predicted octanol–water partition coefficient (Wildman–Crippen LogP) is 25.0. The summed E-state index contributed by atoms with van der Waals surface area (Å²) in [6.07, 6.45) is 112. The first-order valence-corrected chi connectivity index (χ1v) is 39.0. The molecule has 2 atom stereocenters. The Labute approximate surface area is 578 Å². The molecule has 10 heteroatoms. The lowest BCUT2D eigenvalue weighted by molar-refractivity contribution is -0.870. The maximum Gasteiger partial charge on any atom is 0.472 e. The van der Waals surface area contributed by atoms with Crippen molar-refractivity contribution in [1.29, 1.82) is 0 Å². The van der Waals surface area contributed by atoms with Crippen LogP contribution in [0.3, 0.4) is 0 Å². The lowest BCUT2D eigenvalue weighted by atomic mass is 10.0. The molecule has 0 aromatic rings. The Balaban J connectivity index is 4.06. The number of likely N-dealkylation sites (N-methyl/N-ethyl adjacent to an activating group) is 1. The Morgan fingerprint density at radius 1 is 0.330 bits per heavy atom. The van der Waals surface area contributed by atoms with E-state index in [2.05, 4.69) is 196 Å². The van der Waals surface area contributed by atoms with Crippen LogP contribution in [-0.2, 0) is 32.7 Å². The zero-order valence-corrected chi connectivity index (χ0v) is 61.5. The van der Waals surface area contributed by atoms with Gasteiger partial charge in [-0.25, -0.2) is 4.57 Å². The number of unbranched alkanes of at least 4 members (excludes halogenated alkanes) is 23. The normalized spacial score (nSPS) is 14.1. The van der Waals surface area contributed by atoms with Crippen molar-refractivity contribution in [2.24, 2.45) is 0 Å². The molecule has 0 bridgehead atoms. The minimum atomic E-state index is -4.41. The summed E-state index contributed by atoms with van der Waals surface area (Å²) in [6, 6.07) is 0. The topological polar surface area (TPSA) is 108 Å². The summed E-state index contributed by atoms with van der Waals surface area (Å²) in [7, 11) is 1.44. The van der Waals surface area contributed by atoms with Gasteiger partial charge in [0.05, 0.1) is 27.7 Å². The first-order valence-electron chi connectivity index (χ1n) is 37.5. The zero-order chi connectivity index (χ0) is 68.3. The third-order valence-electron chi connectivity index (χ3n) is 15.4. The predicted molar refractivity (Wildman–Crippen MR) is 408 cm³/mol. The lowest BCUT2D eigenvalue weighted by Gasteiger charge is -2.24. The van der Waals surface area contributed by atoms with Gasteiger partial charge in [-0.2, -0.15) is 0 Å². The molecule has 0 amide bonds. The monoisotopic (exact) mass is 1320 g/mol. The molecule has 9 nitrogen and oxygen atoms in total. The lowest BCUT2D eigenvalue weighted by Crippen LogP contribution is -2.37. The molecule has 0 aliphatic carbocycles. The molecule has 0 aliphatic heterocycles. The highest BCUT2D eigenvalue weighted by atomic mass is 31.2. The molecule has 1 N–H and O–H groups in total. The molecule has 0 fully saturated rings. The minimum Gasteiger partial charge on any atom is -0.462 e. The number of phosphoric ester groups is 1. The number of nitrogens with zero attached hydrogens (tertiary/aromatic N) is 1. The number of ether oxygens (including phenoxy) is 2. The molecular formula is C84H139NO8P+. The van der Waals surface area contributed by atoms with Crippen LogP contribution in [0.15, 0.2) is 182 Å². The fraction of sp³-hybridized carbons (Fsp3) is 0.619. The summed E-state index contributed by atoms with van der Waals surface area (Å²) in [5.41, 5.74) is 0. The van der Waals surface area contributed by atoms with Crippen LogP contribution in [0.1, 0.15) is 284 Å². The van der Waals surface area contributed by atoms with Crippen molar-refractivity contribution in [3.63, 3.8) is 0 Å². The molecule has 0 aliphatic rings. The molecule has 0 aromatic heterocycles. The van der Waals surface area contributed by atoms with Crippen LogP contribution in [0.2, 0.25) is 0 Å². The van der Waals surface area contributed by atoms with E-state index in [0.29, 0.717) is 17.4 Å². The smallest absolute Gasteiger partial charge is 0.462 e. The van der Waals surface area contributed by atoms with E-state index < -0.39 is 26.5 Å². The minimum absolute atomic E-state index is 0.0183. The van der Waals surface area contributed by atoms with E-state index in [4.69, 9.17) is 18.5 Å². The van der Waals surface area contributed by atoms with Gasteiger partial charge < -0.3 is 18.9 Å². The summed E-state index contributed by atoms with van der Waals surface area (Å²) in [4.78, 5) is 35.9. The zero-order valence-electron chi connectivity index (χ0n) is 60.6. The second-order valence-electron chi connectivity index (χ2n) is 25.6. The summed E-state index contributed by atoms with van der Waals surface area (Å²) in [6.45, 7) is 4.17. The van der Waals surface area contributed by atoms with Gasteiger partial charge in [0.15, 0.2) is 6.10 Å². The number of quaternary nitrogens is 1. The molecule has 2 unspecified atom stereocenters. The summed E-state index contributed by atoms with van der Waals surface area (Å²) in [5, 5.41) is 0. The summed E-state index contributed by atoms with van der Waals surface area (Å²) < 4.78 is 34.7. The number of carbonyl (C=O) groups is 2. The number of phosphoric acid groups is 1. The molecule has 0 aromatic carbocycles. The molecule has 0 spiro atoms. The van der Waals surface area contributed by atoms with Crippen LogP contribution < -0.4 is 0 Å². The fourth-order valence-electron chi connectivity index (χ4n) is 9.78. The highest BCUT2D eigenvalue weighted by Gasteiger charge is 2.27. The quantitative estimate of drug-likeness (QED) is 0.0211. The number of hydrogen-bond donors (Lipinski definition) is 1. The van der Waals surface area contributed by atoms with Crippen LogP contribution in [-0.4, -0.2) is 74.9 Å². The highest BCUT2D eigenvalue weighted by Crippen LogP contribution is 2.43. The number of hydrogen-bond acceptors (Lipinski definition) is 7. The number of rotatable bonds is 67. The maximum absolute atomic E-state index is 12.9. The van der Waals surface area contributed by atoms with Crippen molar-refractivity contribution in [2.45, 2.75) is 290 Å². The SMILES string of the molecule is CC/C=C\C/C=C\C/C=C\C/C=C\C/C=C\C/C=C\C/C=C\C/C=C\CCCCCCC(=O)OC(COC(=O)CCCCCCCCCCCCCCCCCCCCC/C=C\C/C=C\C/C=C\C/C=C\C/C=C\C/C=C\C/C=C\CC)COP(=O)(O)OCC[N+](C)(C)C. The first kappa shape index (κ1) is 89.1. The van der Waals surface area contributed by atoms with Gasteiger partial charge in [0.1, 0.15) is 19.8 Å². The third-order valence-corrected chi connectivity index (χ3v) is 16.4. The molecule has 94 heavy (non-hydrogen) atoms. The highest BCUT2D eigenvalue weighted by molar-refractivity contribution is 7.47. The van der Waals surface area contributed by atoms with E-state index in [0.717, 1.165) is 141 Å². The van der Waals surface area contributed by atoms with Gasteiger partial charge in [-0.15, -0.1) is 0 Å². The van der Waals surface area contributed by atoms with E-state index in [-0.39, 0.29) is 32.0 Å². The first-order chi connectivity index (χ1) is 46.0. The van der Waals surface area contributed by atoms with Gasteiger partial charge in [-0.05, 0) is 135 Å². The maximum atomic E-state index is 12.9. The molecule has 532 valence electrons. The number of carbonyl (C=O) groups excluding carboxylic acids is 2. The number of allylic oxidation sites excluding steroid dienone is 30. The Hall–Kier alpha value is -4.89. The molecule has 0 radical (unpaired) electrons. The molecule has 0 saturated heterocycles. The van der Waals surface area contributed by atoms with Gasteiger partial charge in [-0.1, -0.05) is 318 Å². The van der Waals surface area contributed by atoms with Gasteiger partial charge in [0.2, 0.25) is 0 Å². The van der Waals surface area contributed by atoms with Gasteiger partial charge in [0, 0.05) is 12.8 Å². The van der Waals surface area contributed by atoms with Crippen molar-refractivity contribution >= 4 is 19.8 Å². The largest absolute Gasteiger partial charge is 0.472 e. The van der Waals surface area contributed by atoms with Crippen LogP contribution in [0.4, 0.5) is 0 Å². The van der Waals surface area contributed by atoms with E-state index in [1.807, 2.05) is 21.1 Å². The van der Waals surface area contributed by atoms with Crippen molar-refractivity contribution in [3.05, 3.63) is 182 Å². The average Bonchev–Trinajstić information content (AvgIpc) is 1.65. The third kappa shape index (κ3) is 76.1. The van der Waals surface area contributed by atoms with Crippen molar-refractivity contribution < 1.29 is 42.1 Å². The Bertz CT molecular complexity index is 2240. The van der Waals surface area contributed by atoms with E-state index in [1.54, 1.807) is 0 Å². The van der Waals surface area contributed by atoms with E-state index >= 15 is 0 Å². The van der Waals surface area contributed by atoms with Crippen LogP contribution >= 0.6 is 7.82 Å². The van der Waals surface area contributed by atoms with Gasteiger partial charge in [-0.3, -0.25) is 18.6 Å². The fourth-order valence-corrected chi connectivity index (χ4v) is 10.5. The van der Waals surface area contributed by atoms with Crippen molar-refractivity contribution in [1.82, 2.24) is 0 Å². The second kappa shape index (κ2) is 72.4. The Morgan fingerprint density at radius 3 is 0.851 bits per heavy atom. The molecule has 0 saturated carbocycles. The molecule has 0 rings (SSSR count). The van der Waals surface area contributed by atoms with Crippen LogP contribution in [0, 0.1) is 0 Å². The van der Waals surface area contributed by atoms with E-state index in [1.165, 1.54) is 109 Å². The van der Waals surface area contributed by atoms with Crippen molar-refractivity contribution in [3.8, 4) is 0 Å². The van der Waals surface area contributed by atoms with Gasteiger partial charge >= 0.3 is 19.8 Å². The molecular weight excluding hydrogens is 1180 g/mol. The Kier molecular flexibility index (Phi) is 68.6. The molecule has 0 heterocycles. The van der Waals surface area contributed by atoms with Crippen LogP contribution in [0.5, 0.6) is 0 Å². The summed E-state index contributed by atoms with van der Waals surface area (Å²) >= 11 is 0. The second-order valence-corrected chi connectivity index (χ2v) is 27.0.